The maximum absolute atomic E-state index is 12.1. The van der Waals surface area contributed by atoms with Crippen LogP contribution < -0.4 is 11.1 Å². The van der Waals surface area contributed by atoms with Crippen LogP contribution in [-0.2, 0) is 0 Å². The highest BCUT2D eigenvalue weighted by molar-refractivity contribution is 6.05. The maximum Gasteiger partial charge on any atom is 0.272 e. The van der Waals surface area contributed by atoms with Crippen molar-refractivity contribution in [3.8, 4) is 0 Å². The molecule has 1 saturated carbocycles. The topological polar surface area (TPSA) is 127 Å². The quantitative estimate of drug-likeness (QED) is 0.565. The van der Waals surface area contributed by atoms with Crippen LogP contribution in [0.4, 0.5) is 5.69 Å². The summed E-state index contributed by atoms with van der Waals surface area (Å²) in [5.74, 6) is 0.111. The number of carbonyl (C=O) groups is 1. The van der Waals surface area contributed by atoms with E-state index in [4.69, 9.17) is 5.73 Å². The first-order valence-electron chi connectivity index (χ1n) is 6.72. The van der Waals surface area contributed by atoms with Gasteiger partial charge >= 0.3 is 0 Å². The molecule has 1 aromatic heterocycles. The van der Waals surface area contributed by atoms with E-state index in [-0.39, 0.29) is 35.7 Å². The molecular formula is C13H16ClN5O3. The van der Waals surface area contributed by atoms with E-state index in [0.29, 0.717) is 23.4 Å². The van der Waals surface area contributed by atoms with Crippen molar-refractivity contribution in [2.75, 3.05) is 6.54 Å². The molecule has 1 atom stereocenters. The third kappa shape index (κ3) is 3.18. The number of hydrogen-bond acceptors (Lipinski definition) is 5. The Morgan fingerprint density at radius 1 is 1.55 bits per heavy atom. The van der Waals surface area contributed by atoms with Crippen LogP contribution in [0, 0.1) is 16.0 Å². The number of nitro benzene ring substituents is 1. The van der Waals surface area contributed by atoms with Gasteiger partial charge in [-0.1, -0.05) is 0 Å². The van der Waals surface area contributed by atoms with Crippen LogP contribution in [0.2, 0.25) is 0 Å². The smallest absolute Gasteiger partial charge is 0.272 e. The number of rotatable bonds is 5. The molecule has 0 spiro atoms. The van der Waals surface area contributed by atoms with Gasteiger partial charge in [-0.2, -0.15) is 5.10 Å². The van der Waals surface area contributed by atoms with Crippen molar-refractivity contribution < 1.29 is 9.72 Å². The standard InChI is InChI=1S/C13H15N5O3.ClH/c14-10(7-1-2-7)6-15-13(19)12-9-5-8(18(20)21)3-4-11(9)16-17-12;/h3-5,7,10H,1-2,6,14H2,(H,15,19)(H,16,17);1H. The Labute approximate surface area is 132 Å². The van der Waals surface area contributed by atoms with Crippen molar-refractivity contribution in [2.45, 2.75) is 18.9 Å². The molecule has 1 aromatic carbocycles. The predicted octanol–water partition coefficient (Wildman–Crippen LogP) is 1.36. The average Bonchev–Trinajstić information content (AvgIpc) is 3.23. The zero-order chi connectivity index (χ0) is 15.0. The van der Waals surface area contributed by atoms with E-state index in [2.05, 4.69) is 15.5 Å². The molecule has 0 radical (unpaired) electrons. The monoisotopic (exact) mass is 325 g/mol. The van der Waals surface area contributed by atoms with Crippen molar-refractivity contribution in [3.05, 3.63) is 34.0 Å². The lowest BCUT2D eigenvalue weighted by molar-refractivity contribution is -0.384. The summed E-state index contributed by atoms with van der Waals surface area (Å²) in [4.78, 5) is 22.4. The third-order valence-electron chi connectivity index (χ3n) is 3.70. The van der Waals surface area contributed by atoms with Crippen LogP contribution in [0.15, 0.2) is 18.2 Å². The fourth-order valence-corrected chi connectivity index (χ4v) is 2.27. The lowest BCUT2D eigenvalue weighted by atomic mass is 10.1. The first kappa shape index (κ1) is 16.2. The van der Waals surface area contributed by atoms with Crippen LogP contribution >= 0.6 is 12.4 Å². The van der Waals surface area contributed by atoms with E-state index in [1.165, 1.54) is 18.2 Å². The summed E-state index contributed by atoms with van der Waals surface area (Å²) in [6, 6.07) is 4.20. The van der Waals surface area contributed by atoms with Gasteiger partial charge in [0.15, 0.2) is 5.69 Å². The van der Waals surface area contributed by atoms with Crippen LogP contribution in [0.5, 0.6) is 0 Å². The van der Waals surface area contributed by atoms with Gasteiger partial charge in [0.2, 0.25) is 0 Å². The second kappa shape index (κ2) is 6.29. The van der Waals surface area contributed by atoms with Crippen molar-refractivity contribution in [2.24, 2.45) is 11.7 Å². The number of nitrogens with two attached hydrogens (primary N) is 1. The molecule has 4 N–H and O–H groups in total. The molecule has 1 heterocycles. The molecule has 2 aromatic rings. The Morgan fingerprint density at radius 2 is 2.27 bits per heavy atom. The number of carbonyl (C=O) groups excluding carboxylic acids is 1. The first-order chi connectivity index (χ1) is 10.1. The van der Waals surface area contributed by atoms with E-state index in [1.54, 1.807) is 0 Å². The third-order valence-corrected chi connectivity index (χ3v) is 3.70. The lowest BCUT2D eigenvalue weighted by Gasteiger charge is -2.10. The van der Waals surface area contributed by atoms with Crippen molar-refractivity contribution >= 4 is 34.9 Å². The SMILES string of the molecule is Cl.NC(CNC(=O)c1n[nH]c2ccc([N+](=O)[O-])cc12)C1CC1. The van der Waals surface area contributed by atoms with Gasteiger partial charge in [0.1, 0.15) is 0 Å². The molecule has 118 valence electrons. The molecule has 1 aliphatic carbocycles. The average molecular weight is 326 g/mol. The number of hydrogen-bond donors (Lipinski definition) is 3. The summed E-state index contributed by atoms with van der Waals surface area (Å²) >= 11 is 0. The molecule has 1 amide bonds. The summed E-state index contributed by atoms with van der Waals surface area (Å²) in [6.07, 6.45) is 2.21. The Bertz CT molecular complexity index is 713. The highest BCUT2D eigenvalue weighted by atomic mass is 35.5. The fourth-order valence-electron chi connectivity index (χ4n) is 2.27. The number of nitrogens with one attached hydrogen (secondary N) is 2. The largest absolute Gasteiger partial charge is 0.349 e. The molecule has 22 heavy (non-hydrogen) atoms. The van der Waals surface area contributed by atoms with Gasteiger partial charge in [-0.15, -0.1) is 12.4 Å². The minimum atomic E-state index is -0.503. The van der Waals surface area contributed by atoms with E-state index >= 15 is 0 Å². The molecule has 0 saturated heterocycles. The normalized spacial score (nSPS) is 15.1. The molecular weight excluding hydrogens is 310 g/mol. The number of nitro groups is 1. The van der Waals surface area contributed by atoms with Gasteiger partial charge in [-0.3, -0.25) is 20.0 Å². The van der Waals surface area contributed by atoms with E-state index < -0.39 is 4.92 Å². The number of H-pyrrole nitrogens is 1. The number of aromatic amines is 1. The number of benzene rings is 1. The summed E-state index contributed by atoms with van der Waals surface area (Å²) in [5, 5.41) is 20.6. The Kier molecular flexibility index (Phi) is 4.62. The van der Waals surface area contributed by atoms with Gasteiger partial charge in [0, 0.05) is 30.1 Å². The second-order valence-corrected chi connectivity index (χ2v) is 5.27. The highest BCUT2D eigenvalue weighted by Crippen LogP contribution is 2.31. The van der Waals surface area contributed by atoms with Gasteiger partial charge in [-0.05, 0) is 24.8 Å². The van der Waals surface area contributed by atoms with Crippen LogP contribution in [-0.4, -0.2) is 33.6 Å². The van der Waals surface area contributed by atoms with E-state index in [0.717, 1.165) is 12.8 Å². The van der Waals surface area contributed by atoms with Gasteiger partial charge < -0.3 is 11.1 Å². The summed E-state index contributed by atoms with van der Waals surface area (Å²) in [7, 11) is 0. The molecule has 1 aliphatic rings. The molecule has 8 nitrogen and oxygen atoms in total. The molecule has 3 rings (SSSR count). The van der Waals surface area contributed by atoms with E-state index in [1.807, 2.05) is 0 Å². The van der Waals surface area contributed by atoms with Crippen LogP contribution in [0.3, 0.4) is 0 Å². The number of nitrogens with zero attached hydrogens (tertiary/aromatic N) is 2. The van der Waals surface area contributed by atoms with Crippen LogP contribution in [0.25, 0.3) is 10.9 Å². The minimum absolute atomic E-state index is 0. The summed E-state index contributed by atoms with van der Waals surface area (Å²) in [5.41, 5.74) is 6.58. The van der Waals surface area contributed by atoms with Gasteiger partial charge in [0.25, 0.3) is 11.6 Å². The van der Waals surface area contributed by atoms with E-state index in [9.17, 15) is 14.9 Å². The van der Waals surface area contributed by atoms with Crippen molar-refractivity contribution in [1.82, 2.24) is 15.5 Å². The first-order valence-corrected chi connectivity index (χ1v) is 6.72. The molecule has 9 heteroatoms. The number of aromatic nitrogens is 2. The summed E-state index contributed by atoms with van der Waals surface area (Å²) in [6.45, 7) is 0.382. The number of amides is 1. The maximum atomic E-state index is 12.1. The lowest BCUT2D eigenvalue weighted by Crippen LogP contribution is -2.38. The zero-order valence-corrected chi connectivity index (χ0v) is 12.4. The minimum Gasteiger partial charge on any atom is -0.349 e. The van der Waals surface area contributed by atoms with Crippen molar-refractivity contribution in [3.63, 3.8) is 0 Å². The Morgan fingerprint density at radius 3 is 2.91 bits per heavy atom. The molecule has 0 bridgehead atoms. The van der Waals surface area contributed by atoms with Crippen molar-refractivity contribution in [1.29, 1.82) is 0 Å². The molecule has 0 aliphatic heterocycles. The molecule has 1 unspecified atom stereocenters. The Hall–Kier alpha value is -2.19. The summed E-state index contributed by atoms with van der Waals surface area (Å²) < 4.78 is 0. The number of fused-ring (bicyclic) bond motifs is 1. The predicted molar refractivity (Wildman–Crippen MR) is 83.0 cm³/mol. The number of non-ortho nitro benzene ring substituents is 1. The van der Waals surface area contributed by atoms with Crippen LogP contribution in [0.1, 0.15) is 23.3 Å². The number of halogens is 1. The second-order valence-electron chi connectivity index (χ2n) is 5.27. The highest BCUT2D eigenvalue weighted by Gasteiger charge is 2.29. The van der Waals surface area contributed by atoms with Gasteiger partial charge in [-0.25, -0.2) is 0 Å². The zero-order valence-electron chi connectivity index (χ0n) is 11.6. The molecule has 1 fully saturated rings. The Balaban J connectivity index is 0.00000176. The van der Waals surface area contributed by atoms with Gasteiger partial charge in [0.05, 0.1) is 10.4 Å². The fraction of sp³-hybridized carbons (Fsp3) is 0.385.